The molecular formula is C57H71BrCl3F9N6NaO12P3. The quantitative estimate of drug-likeness (QED) is 0.0230. The van der Waals surface area contributed by atoms with Gasteiger partial charge in [-0.25, -0.2) is 14.4 Å². The second kappa shape index (κ2) is 32.9. The average molecular weight is 1510 g/mol. The number of nitrogens with one attached hydrogen (secondary N) is 4. The molecule has 0 aromatic heterocycles. The molecule has 3 aliphatic heterocycles. The smallest absolute Gasteiger partial charge is 1.00 e. The zero-order valence-electron chi connectivity index (χ0n) is 52.0. The van der Waals surface area contributed by atoms with Gasteiger partial charge in [0.15, 0.2) is 16.6 Å². The summed E-state index contributed by atoms with van der Waals surface area (Å²) in [6.07, 6.45) is -3.49. The Morgan fingerprint density at radius 3 is 1.33 bits per heavy atom. The van der Waals surface area contributed by atoms with Crippen molar-refractivity contribution in [3.05, 3.63) is 123 Å². The number of urea groups is 3. The van der Waals surface area contributed by atoms with E-state index >= 15 is 0 Å². The molecule has 0 saturated heterocycles. The number of allylic oxidation sites excluding steroid dienone is 3. The van der Waals surface area contributed by atoms with Crippen LogP contribution in [0.15, 0.2) is 91.1 Å². The molecule has 0 bridgehead atoms. The molecule has 508 valence electrons. The summed E-state index contributed by atoms with van der Waals surface area (Å²) >= 11 is 20.9. The van der Waals surface area contributed by atoms with E-state index in [4.69, 9.17) is 61.9 Å². The van der Waals surface area contributed by atoms with Gasteiger partial charge in [-0.05, 0) is 171 Å². The maximum absolute atomic E-state index is 14.8. The molecule has 3 heterocycles. The summed E-state index contributed by atoms with van der Waals surface area (Å²) < 4.78 is 196. The van der Waals surface area contributed by atoms with Gasteiger partial charge in [0.05, 0.1) is 45.3 Å². The van der Waals surface area contributed by atoms with Crippen LogP contribution in [0.3, 0.4) is 0 Å². The van der Waals surface area contributed by atoms with Gasteiger partial charge >= 0.3 is 89.0 Å². The summed E-state index contributed by atoms with van der Waals surface area (Å²) in [6.45, 7) is 10.7. The Balaban J connectivity index is 0.000000277. The van der Waals surface area contributed by atoms with E-state index in [1.807, 2.05) is 5.32 Å². The van der Waals surface area contributed by atoms with Crippen LogP contribution in [0.4, 0.5) is 71.0 Å². The Labute approximate surface area is 574 Å². The predicted octanol–water partition coefficient (Wildman–Crippen LogP) is 15.9. The van der Waals surface area contributed by atoms with Gasteiger partial charge in [-0.2, -0.15) is 39.5 Å². The Hall–Kier alpha value is -3.14. The number of amides is 6. The summed E-state index contributed by atoms with van der Waals surface area (Å²) in [5.74, 6) is 0.209. The minimum atomic E-state index is -4.93. The van der Waals surface area contributed by atoms with E-state index in [2.05, 4.69) is 31.9 Å². The van der Waals surface area contributed by atoms with Crippen LogP contribution >= 0.6 is 73.5 Å². The number of anilines is 3. The fourth-order valence-corrected chi connectivity index (χ4v) is 15.4. The van der Waals surface area contributed by atoms with Crippen LogP contribution in [-0.4, -0.2) is 98.8 Å². The van der Waals surface area contributed by atoms with E-state index in [9.17, 15) is 67.6 Å². The van der Waals surface area contributed by atoms with Crippen molar-refractivity contribution in [3.63, 3.8) is 0 Å². The van der Waals surface area contributed by atoms with Crippen LogP contribution in [0.2, 0.25) is 15.1 Å². The van der Waals surface area contributed by atoms with Crippen LogP contribution in [0.1, 0.15) is 98.2 Å². The van der Waals surface area contributed by atoms with E-state index in [0.29, 0.717) is 18.1 Å². The summed E-state index contributed by atoms with van der Waals surface area (Å²) in [5.41, 5.74) is -8.72. The van der Waals surface area contributed by atoms with Gasteiger partial charge in [0.1, 0.15) is 17.6 Å². The van der Waals surface area contributed by atoms with Gasteiger partial charge in [-0.15, -0.1) is 0 Å². The second-order valence-electron chi connectivity index (χ2n) is 21.0. The number of carbonyl (C=O) groups is 3. The van der Waals surface area contributed by atoms with Gasteiger partial charge in [-0.1, -0.05) is 69.0 Å². The first-order valence-corrected chi connectivity index (χ1v) is 36.2. The third kappa shape index (κ3) is 19.6. The van der Waals surface area contributed by atoms with Crippen molar-refractivity contribution in [3.8, 4) is 0 Å². The van der Waals surface area contributed by atoms with Crippen LogP contribution in [0.25, 0.3) is 0 Å². The molecule has 0 radical (unpaired) electrons. The van der Waals surface area contributed by atoms with Crippen molar-refractivity contribution in [1.29, 1.82) is 0 Å². The van der Waals surface area contributed by atoms with Gasteiger partial charge in [0, 0.05) is 43.1 Å². The number of hydrogen-bond donors (Lipinski definition) is 4. The monoisotopic (exact) mass is 1500 g/mol. The first-order valence-electron chi connectivity index (χ1n) is 28.8. The molecule has 4 N–H and O–H groups in total. The number of nitrogens with zero attached hydrogens (tertiary/aromatic N) is 2. The topological polar surface area (TPSA) is 212 Å². The van der Waals surface area contributed by atoms with E-state index in [0.717, 1.165) is 61.7 Å². The van der Waals surface area contributed by atoms with E-state index in [1.54, 1.807) is 41.5 Å². The van der Waals surface area contributed by atoms with Gasteiger partial charge in [-0.3, -0.25) is 23.5 Å². The van der Waals surface area contributed by atoms with E-state index < -0.39 is 88.6 Å². The van der Waals surface area contributed by atoms with Crippen molar-refractivity contribution in [1.82, 2.24) is 15.5 Å². The fraction of sp³-hybridized carbons (Fsp3) is 0.526. The van der Waals surface area contributed by atoms with Crippen molar-refractivity contribution in [2.45, 2.75) is 115 Å². The Bertz CT molecular complexity index is 3310. The molecule has 6 aliphatic rings. The molecule has 9 rings (SSSR count). The third-order valence-corrected chi connectivity index (χ3v) is 22.3. The third-order valence-electron chi connectivity index (χ3n) is 14.3. The van der Waals surface area contributed by atoms with Gasteiger partial charge in [0.25, 0.3) is 0 Å². The second-order valence-corrected chi connectivity index (χ2v) is 29.9. The number of benzene rings is 3. The maximum Gasteiger partial charge on any atom is 1.00 e. The minimum Gasteiger partial charge on any atom is -1.00 e. The molecule has 3 atom stereocenters. The first-order chi connectivity index (χ1) is 42.6. The normalized spacial score (nSPS) is 21.7. The SMILES string of the molecule is CCOP(=O)(CBr)OCC.CCOP(=O)(CN1C(=O)N[C@](/C=C/C2CC2)(C(F)(F)F)c2cc(Cl)ccc21)OCC.CCOP(=O)(CN1C(=O)Nc2ccc(Cl)cc2[C@@]1(/C=C/C1CC1)C(F)(F)F)OCC.O=C1Nc2ccc(Cl)cc2[C@@](/C=C/C2CC2)(C(F)(F)F)N1.[H-].[Na+]. The standard InChI is InChI=1S/2C19H23ClF3N2O4P.C14H12ClF3N2O.C5H12BrO3P.Na.H/c1-3-28-30(27,29-4-2)12-25-16-8-7-14(20)11-15(16)18(19(21,22)23,24-17(25)26)10-9-13-5-6-13;1-3-28-30(27,29-4-2)12-25-17(26)24-16-8-7-14(20)11-15(16)18(25,19(21,22)23)10-9-13-5-6-13;15-9-3-4-11-10(7-9)13(14(16,17)18,20-12(21)19-11)6-5-8-1-2-8;1-3-8-10(7,5-6)9-4-2;;/h2*7-11,13H,3-6,12H2,1-2H3,(H,24,26);3-8H,1-2H2,(H2,19,20,21);3-5H2,1-2H3;;/q;;;;+1;-1/b2*10-9+;6-5+;;;/t2*18-;13-;;;/m000.../s1. The summed E-state index contributed by atoms with van der Waals surface area (Å²) in [4.78, 5) is 38.8. The Kier molecular flexibility index (Phi) is 28.5. The number of alkyl halides is 10. The average Bonchev–Trinajstić information content (AvgIpc) is 0.779. The van der Waals surface area contributed by atoms with Crippen molar-refractivity contribution in [2.24, 2.45) is 17.8 Å². The molecule has 35 heteroatoms. The summed E-state index contributed by atoms with van der Waals surface area (Å²) in [5, 5.41) is 9.51. The molecule has 18 nitrogen and oxygen atoms in total. The Morgan fingerprint density at radius 1 is 0.533 bits per heavy atom. The Morgan fingerprint density at radius 2 is 0.913 bits per heavy atom. The molecule has 0 unspecified atom stereocenters. The molecule has 6 amide bonds. The maximum atomic E-state index is 14.8. The summed E-state index contributed by atoms with van der Waals surface area (Å²) in [7, 11) is -10.6. The molecule has 3 fully saturated rings. The zero-order valence-corrected chi connectivity index (χ0v) is 59.6. The van der Waals surface area contributed by atoms with Gasteiger partial charge < -0.3 is 49.8 Å². The number of rotatable bonds is 23. The van der Waals surface area contributed by atoms with Gasteiger partial charge in [0.2, 0.25) is 0 Å². The van der Waals surface area contributed by atoms with Crippen LogP contribution in [0, 0.1) is 17.8 Å². The molecule has 3 aromatic carbocycles. The largest absolute Gasteiger partial charge is 1.00 e. The van der Waals surface area contributed by atoms with E-state index in [1.165, 1.54) is 72.8 Å². The molecular weight excluding hydrogens is 1430 g/mol. The van der Waals surface area contributed by atoms with Crippen LogP contribution in [0.5, 0.6) is 0 Å². The number of hydrogen-bond acceptors (Lipinski definition) is 12. The molecule has 92 heavy (non-hydrogen) atoms. The van der Waals surface area contributed by atoms with Crippen molar-refractivity contribution in [2.75, 3.05) is 72.8 Å². The number of carbonyl (C=O) groups excluding carboxylic acids is 3. The summed E-state index contributed by atoms with van der Waals surface area (Å²) in [6, 6.07) is 8.80. The molecule has 3 aromatic rings. The predicted molar refractivity (Wildman–Crippen MR) is 334 cm³/mol. The van der Waals surface area contributed by atoms with Crippen molar-refractivity contribution < 1.29 is 126 Å². The fourth-order valence-electron chi connectivity index (χ4n) is 9.62. The number of halogens is 13. The molecule has 3 saturated carbocycles. The van der Waals surface area contributed by atoms with Crippen molar-refractivity contribution >= 4 is 109 Å². The first kappa shape index (κ1) is 79.5. The minimum absolute atomic E-state index is 0. The number of fused-ring (bicyclic) bond motifs is 3. The van der Waals surface area contributed by atoms with E-state index in [-0.39, 0.29) is 129 Å². The molecule has 3 aliphatic carbocycles. The van der Waals surface area contributed by atoms with Crippen LogP contribution < -0.4 is 55.7 Å². The molecule has 0 spiro atoms. The zero-order chi connectivity index (χ0) is 67.6. The van der Waals surface area contributed by atoms with Crippen LogP contribution in [-0.2, 0) is 57.5 Å².